The largest absolute Gasteiger partial charge is 0.0883 e. The third kappa shape index (κ3) is 1.87. The van der Waals surface area contributed by atoms with Gasteiger partial charge in [-0.25, -0.2) is 0 Å². The normalized spacial score (nSPS) is 14.7. The van der Waals surface area contributed by atoms with Crippen LogP contribution >= 0.6 is 15.9 Å². The Bertz CT molecular complexity index is 538. The monoisotopic (exact) mass is 287 g/mol. The number of hydrogen-bond donors (Lipinski definition) is 0. The number of fused-ring (bicyclic) bond motifs is 1. The lowest BCUT2D eigenvalue weighted by atomic mass is 9.94. The molecule has 2 aromatic carbocycles. The highest BCUT2D eigenvalue weighted by Crippen LogP contribution is 2.35. The predicted molar refractivity (Wildman–Crippen MR) is 75.1 cm³/mol. The molecule has 0 saturated heterocycles. The first kappa shape index (κ1) is 11.6. The summed E-state index contributed by atoms with van der Waals surface area (Å²) in [6.07, 6.45) is 0. The first-order valence-electron chi connectivity index (χ1n) is 5.11. The van der Waals surface area contributed by atoms with Gasteiger partial charge in [-0.05, 0) is 20.8 Å². The molecule has 0 nitrogen and oxygen atoms in total. The fourth-order valence-corrected chi connectivity index (χ4v) is 2.24. The van der Waals surface area contributed by atoms with Crippen LogP contribution in [0.3, 0.4) is 0 Å². The maximum atomic E-state index is 3.98. The van der Waals surface area contributed by atoms with Gasteiger partial charge >= 0.3 is 0 Å². The molecule has 0 aromatic heterocycles. The Labute approximate surface area is 108 Å². The van der Waals surface area contributed by atoms with Crippen molar-refractivity contribution in [3.8, 4) is 0 Å². The van der Waals surface area contributed by atoms with E-state index < -0.39 is 0 Å². The van der Waals surface area contributed by atoms with Gasteiger partial charge in [-0.3, -0.25) is 0 Å². The van der Waals surface area contributed by atoms with E-state index in [-0.39, 0.29) is 5.04 Å². The molecule has 0 N–H and O–H groups in total. The van der Waals surface area contributed by atoms with Gasteiger partial charge < -0.3 is 0 Å². The summed E-state index contributed by atoms with van der Waals surface area (Å²) in [4.78, 5) is 0. The molecule has 1 unspecified atom stereocenters. The second kappa shape index (κ2) is 4.19. The van der Waals surface area contributed by atoms with E-state index in [4.69, 9.17) is 0 Å². The maximum Gasteiger partial charge on any atom is 0.0447 e. The topological polar surface area (TPSA) is 0 Å². The number of halogens is 1. The lowest BCUT2D eigenvalue weighted by Gasteiger charge is -2.26. The summed E-state index contributed by atoms with van der Waals surface area (Å²) >= 11 is 3.48. The van der Waals surface area contributed by atoms with Gasteiger partial charge in [-0.1, -0.05) is 71.9 Å². The van der Waals surface area contributed by atoms with Crippen molar-refractivity contribution >= 4 is 36.9 Å². The molecule has 0 aliphatic heterocycles. The second-order valence-corrected chi connectivity index (χ2v) is 6.01. The van der Waals surface area contributed by atoms with Crippen molar-refractivity contribution < 1.29 is 0 Å². The van der Waals surface area contributed by atoms with Crippen LogP contribution in [-0.4, -0.2) is 10.2 Å². The first-order valence-corrected chi connectivity index (χ1v) is 6.41. The molecule has 2 rings (SSSR count). The highest BCUT2D eigenvalue weighted by Gasteiger charge is 2.24. The molecular formula is C14H12BrSi. The van der Waals surface area contributed by atoms with Crippen LogP contribution in [0.2, 0.25) is 0 Å². The smallest absolute Gasteiger partial charge is 0.0447 e. The van der Waals surface area contributed by atoms with Crippen molar-refractivity contribution in [3.63, 3.8) is 0 Å². The van der Waals surface area contributed by atoms with Crippen LogP contribution in [-0.2, 0) is 5.04 Å². The minimum Gasteiger partial charge on any atom is -0.0883 e. The summed E-state index contributed by atoms with van der Waals surface area (Å²) < 4.78 is 0.924. The molecule has 0 bridgehead atoms. The Morgan fingerprint density at radius 1 is 1.19 bits per heavy atom. The van der Waals surface area contributed by atoms with Gasteiger partial charge in [-0.2, -0.15) is 0 Å². The molecule has 3 radical (unpaired) electrons. The minimum absolute atomic E-state index is 0.249. The summed E-state index contributed by atoms with van der Waals surface area (Å²) in [5, 5.41) is 2.25. The maximum absolute atomic E-state index is 3.98. The van der Waals surface area contributed by atoms with E-state index in [9.17, 15) is 0 Å². The van der Waals surface area contributed by atoms with Crippen molar-refractivity contribution in [1.29, 1.82) is 0 Å². The van der Waals surface area contributed by atoms with Crippen molar-refractivity contribution in [2.75, 3.05) is 0 Å². The first-order chi connectivity index (χ1) is 7.53. The molecule has 0 heterocycles. The molecule has 0 spiro atoms. The van der Waals surface area contributed by atoms with E-state index in [1.807, 2.05) is 0 Å². The lowest BCUT2D eigenvalue weighted by molar-refractivity contribution is 0.862. The van der Waals surface area contributed by atoms with Crippen LogP contribution in [0.15, 0.2) is 53.5 Å². The van der Waals surface area contributed by atoms with Gasteiger partial charge in [0.05, 0.1) is 0 Å². The highest BCUT2D eigenvalue weighted by atomic mass is 79.9. The zero-order valence-electron chi connectivity index (χ0n) is 9.13. The molecule has 0 fully saturated rings. The molecule has 2 aromatic rings. The third-order valence-electron chi connectivity index (χ3n) is 2.87. The van der Waals surface area contributed by atoms with E-state index in [1.165, 1.54) is 16.3 Å². The summed E-state index contributed by atoms with van der Waals surface area (Å²) in [6, 6.07) is 14.7. The van der Waals surface area contributed by atoms with Crippen LogP contribution < -0.4 is 0 Å². The van der Waals surface area contributed by atoms with E-state index in [0.717, 1.165) is 4.48 Å². The van der Waals surface area contributed by atoms with Gasteiger partial charge in [0.15, 0.2) is 0 Å². The van der Waals surface area contributed by atoms with Gasteiger partial charge in [0.1, 0.15) is 0 Å². The Balaban J connectivity index is 2.74. The summed E-state index contributed by atoms with van der Waals surface area (Å²) in [5.41, 5.74) is 1.23. The molecule has 0 saturated carbocycles. The standard InChI is InChI=1S/C14H12BrSi/c1-10(15)14(2,16)13-9-5-7-11-6-3-4-8-12(11)13/h3-9H,1H2,2H3. The van der Waals surface area contributed by atoms with Crippen LogP contribution in [0.1, 0.15) is 12.5 Å². The van der Waals surface area contributed by atoms with Crippen LogP contribution in [0.4, 0.5) is 0 Å². The molecule has 0 amide bonds. The average Bonchev–Trinajstić information content (AvgIpc) is 2.28. The molecule has 1 atom stereocenters. The number of benzene rings is 2. The van der Waals surface area contributed by atoms with Crippen LogP contribution in [0.5, 0.6) is 0 Å². The number of rotatable bonds is 2. The molecular weight excluding hydrogens is 276 g/mol. The van der Waals surface area contributed by atoms with Crippen molar-refractivity contribution in [3.05, 3.63) is 59.1 Å². The fraction of sp³-hybridized carbons (Fsp3) is 0.143. The van der Waals surface area contributed by atoms with Crippen molar-refractivity contribution in [2.45, 2.75) is 12.0 Å². The number of allylic oxidation sites excluding steroid dienone is 1. The Morgan fingerprint density at radius 3 is 2.50 bits per heavy atom. The lowest BCUT2D eigenvalue weighted by Crippen LogP contribution is -2.22. The Hall–Kier alpha value is -0.863. The van der Waals surface area contributed by atoms with E-state index in [1.54, 1.807) is 0 Å². The predicted octanol–water partition coefficient (Wildman–Crippen LogP) is 4.13. The minimum atomic E-state index is -0.249. The van der Waals surface area contributed by atoms with Gasteiger partial charge in [0.2, 0.25) is 0 Å². The summed E-state index contributed by atoms with van der Waals surface area (Å²) in [6.45, 7) is 6.08. The van der Waals surface area contributed by atoms with Crippen molar-refractivity contribution in [2.24, 2.45) is 0 Å². The average molecular weight is 288 g/mol. The van der Waals surface area contributed by atoms with Crippen molar-refractivity contribution in [1.82, 2.24) is 0 Å². The quantitative estimate of drug-likeness (QED) is 0.729. The zero-order chi connectivity index (χ0) is 11.8. The van der Waals surface area contributed by atoms with E-state index in [0.29, 0.717) is 0 Å². The zero-order valence-corrected chi connectivity index (χ0v) is 11.7. The fourth-order valence-electron chi connectivity index (χ4n) is 1.81. The molecule has 79 valence electrons. The third-order valence-corrected chi connectivity index (χ3v) is 4.60. The Morgan fingerprint density at radius 2 is 1.81 bits per heavy atom. The summed E-state index contributed by atoms with van der Waals surface area (Å²) in [7, 11) is 3.79. The SMILES string of the molecule is C=C(Br)C(C)([Si])c1cccc2ccccc12. The van der Waals surface area contributed by atoms with Gasteiger partial charge in [0.25, 0.3) is 0 Å². The van der Waals surface area contributed by atoms with Crippen LogP contribution in [0.25, 0.3) is 10.8 Å². The molecule has 16 heavy (non-hydrogen) atoms. The molecule has 2 heteroatoms. The van der Waals surface area contributed by atoms with Gasteiger partial charge in [0, 0.05) is 15.3 Å². The second-order valence-electron chi connectivity index (χ2n) is 4.06. The Kier molecular flexibility index (Phi) is 3.04. The van der Waals surface area contributed by atoms with E-state index in [2.05, 4.69) is 82.1 Å². The van der Waals surface area contributed by atoms with E-state index >= 15 is 0 Å². The van der Waals surface area contributed by atoms with Crippen LogP contribution in [0, 0.1) is 0 Å². The number of hydrogen-bond acceptors (Lipinski definition) is 0. The summed E-state index contributed by atoms with van der Waals surface area (Å²) in [5.74, 6) is 0. The van der Waals surface area contributed by atoms with Gasteiger partial charge in [-0.15, -0.1) is 0 Å². The molecule has 0 aliphatic carbocycles. The highest BCUT2D eigenvalue weighted by molar-refractivity contribution is 9.11. The molecule has 0 aliphatic rings.